The molecule has 1 aromatic heterocycles. The molecule has 31 heavy (non-hydrogen) atoms. The molecule has 168 valence electrons. The van der Waals surface area contributed by atoms with Gasteiger partial charge >= 0.3 is 0 Å². The van der Waals surface area contributed by atoms with Gasteiger partial charge in [-0.3, -0.25) is 9.89 Å². The molecule has 2 fully saturated rings. The van der Waals surface area contributed by atoms with Crippen molar-refractivity contribution >= 4 is 23.0 Å². The van der Waals surface area contributed by atoms with Crippen LogP contribution in [-0.4, -0.2) is 61.7 Å². The fourth-order valence-electron chi connectivity index (χ4n) is 4.61. The summed E-state index contributed by atoms with van der Waals surface area (Å²) < 4.78 is 0. The van der Waals surface area contributed by atoms with Crippen molar-refractivity contribution in [2.24, 2.45) is 10.9 Å². The van der Waals surface area contributed by atoms with Gasteiger partial charge in [0.05, 0.1) is 10.7 Å². The van der Waals surface area contributed by atoms with E-state index in [-0.39, 0.29) is 0 Å². The average molecular weight is 441 g/mol. The Kier molecular flexibility index (Phi) is 7.81. The smallest absolute Gasteiger partial charge is 0.191 e. The lowest BCUT2D eigenvalue weighted by molar-refractivity contribution is 0.176. The van der Waals surface area contributed by atoms with Crippen molar-refractivity contribution in [3.05, 3.63) is 46.4 Å². The molecule has 0 aliphatic carbocycles. The predicted octanol–water partition coefficient (Wildman–Crippen LogP) is 3.50. The van der Waals surface area contributed by atoms with Gasteiger partial charge in [0.2, 0.25) is 0 Å². The Labute approximate surface area is 190 Å². The van der Waals surface area contributed by atoms with Crippen LogP contribution in [0.3, 0.4) is 0 Å². The molecule has 0 atom stereocenters. The van der Waals surface area contributed by atoms with Gasteiger partial charge in [-0.2, -0.15) is 0 Å². The zero-order valence-corrected chi connectivity index (χ0v) is 19.7. The number of hydrogen-bond donors (Lipinski definition) is 2. The summed E-state index contributed by atoms with van der Waals surface area (Å²) in [7, 11) is 1.88. The second-order valence-electron chi connectivity index (χ2n) is 8.77. The largest absolute Gasteiger partial charge is 0.371 e. The summed E-state index contributed by atoms with van der Waals surface area (Å²) >= 11 is 1.75. The summed E-state index contributed by atoms with van der Waals surface area (Å²) in [6.45, 7) is 8.59. The standard InChI is InChI=1S/C24H36N6S/c1-19-27-22(18-31-19)17-29-12-8-20(9-13-29)16-26-24(25-2)28-21-10-14-30(15-11-21)23-6-4-3-5-7-23/h3-7,18,20-21H,8-17H2,1-2H3,(H2,25,26,28). The lowest BCUT2D eigenvalue weighted by atomic mass is 9.97. The number of anilines is 1. The number of guanidine groups is 1. The number of thiazole rings is 1. The number of aromatic nitrogens is 1. The van der Waals surface area contributed by atoms with Crippen molar-refractivity contribution in [3.63, 3.8) is 0 Å². The normalized spacial score (nSPS) is 19.5. The molecule has 0 radical (unpaired) electrons. The van der Waals surface area contributed by atoms with E-state index in [1.165, 1.54) is 29.2 Å². The second-order valence-corrected chi connectivity index (χ2v) is 9.83. The van der Waals surface area contributed by atoms with Crippen LogP contribution in [-0.2, 0) is 6.54 Å². The number of hydrogen-bond acceptors (Lipinski definition) is 5. The molecule has 2 saturated heterocycles. The molecule has 3 heterocycles. The SMILES string of the molecule is CN=C(NCC1CCN(Cc2csc(C)n2)CC1)NC1CCN(c2ccccc2)CC1. The number of nitrogens with one attached hydrogen (secondary N) is 2. The zero-order valence-electron chi connectivity index (χ0n) is 18.9. The van der Waals surface area contributed by atoms with Gasteiger partial charge in [0.15, 0.2) is 5.96 Å². The molecule has 4 rings (SSSR count). The minimum absolute atomic E-state index is 0.495. The molecular weight excluding hydrogens is 404 g/mol. The van der Waals surface area contributed by atoms with Crippen LogP contribution in [0.1, 0.15) is 36.4 Å². The average Bonchev–Trinajstić information content (AvgIpc) is 3.23. The van der Waals surface area contributed by atoms with Gasteiger partial charge in [-0.05, 0) is 63.7 Å². The number of para-hydroxylation sites is 1. The van der Waals surface area contributed by atoms with E-state index < -0.39 is 0 Å². The molecule has 0 amide bonds. The third kappa shape index (κ3) is 6.43. The minimum Gasteiger partial charge on any atom is -0.371 e. The maximum atomic E-state index is 4.61. The summed E-state index contributed by atoms with van der Waals surface area (Å²) in [5, 5.41) is 10.6. The maximum absolute atomic E-state index is 4.61. The highest BCUT2D eigenvalue weighted by Crippen LogP contribution is 2.20. The number of piperidine rings is 2. The predicted molar refractivity (Wildman–Crippen MR) is 131 cm³/mol. The molecule has 0 unspecified atom stereocenters. The summed E-state index contributed by atoms with van der Waals surface area (Å²) in [6, 6.07) is 11.2. The zero-order chi connectivity index (χ0) is 21.5. The van der Waals surface area contributed by atoms with Crippen LogP contribution >= 0.6 is 11.3 Å². The first-order valence-corrected chi connectivity index (χ1v) is 12.5. The van der Waals surface area contributed by atoms with E-state index in [4.69, 9.17) is 0 Å². The van der Waals surface area contributed by atoms with Gasteiger partial charge in [-0.25, -0.2) is 4.98 Å². The minimum atomic E-state index is 0.495. The lowest BCUT2D eigenvalue weighted by Crippen LogP contribution is -2.50. The van der Waals surface area contributed by atoms with Gasteiger partial charge < -0.3 is 15.5 Å². The van der Waals surface area contributed by atoms with E-state index in [1.807, 2.05) is 7.05 Å². The number of aryl methyl sites for hydroxylation is 1. The number of likely N-dealkylation sites (tertiary alicyclic amines) is 1. The van der Waals surface area contributed by atoms with Crippen molar-refractivity contribution in [2.45, 2.75) is 45.2 Å². The molecule has 2 aliphatic rings. The fraction of sp³-hybridized carbons (Fsp3) is 0.583. The third-order valence-corrected chi connectivity index (χ3v) is 7.32. The van der Waals surface area contributed by atoms with Crippen LogP contribution in [0.25, 0.3) is 0 Å². The molecule has 0 saturated carbocycles. The van der Waals surface area contributed by atoms with Crippen molar-refractivity contribution in [2.75, 3.05) is 44.7 Å². The highest BCUT2D eigenvalue weighted by atomic mass is 32.1. The number of rotatable bonds is 6. The Bertz CT molecular complexity index is 820. The van der Waals surface area contributed by atoms with E-state index in [0.29, 0.717) is 12.0 Å². The molecular formula is C24H36N6S. The molecule has 2 aliphatic heterocycles. The summed E-state index contributed by atoms with van der Waals surface area (Å²) in [5.74, 6) is 1.67. The van der Waals surface area contributed by atoms with Crippen molar-refractivity contribution in [1.29, 1.82) is 0 Å². The van der Waals surface area contributed by atoms with Crippen LogP contribution in [0.15, 0.2) is 40.7 Å². The second kappa shape index (κ2) is 11.0. The van der Waals surface area contributed by atoms with E-state index in [1.54, 1.807) is 11.3 Å². The Hall–Kier alpha value is -2.12. The van der Waals surface area contributed by atoms with E-state index in [9.17, 15) is 0 Å². The lowest BCUT2D eigenvalue weighted by Gasteiger charge is -2.35. The van der Waals surface area contributed by atoms with Gasteiger partial charge in [-0.15, -0.1) is 11.3 Å². The number of aliphatic imine (C=N–C) groups is 1. The molecule has 7 heteroatoms. The maximum Gasteiger partial charge on any atom is 0.191 e. The van der Waals surface area contributed by atoms with Gasteiger partial charge in [0, 0.05) is 50.3 Å². The Morgan fingerprint density at radius 3 is 2.48 bits per heavy atom. The third-order valence-electron chi connectivity index (χ3n) is 6.50. The Balaban J connectivity index is 1.14. The highest BCUT2D eigenvalue weighted by molar-refractivity contribution is 7.09. The summed E-state index contributed by atoms with van der Waals surface area (Å²) in [6.07, 6.45) is 4.76. The van der Waals surface area contributed by atoms with Crippen molar-refractivity contribution in [1.82, 2.24) is 20.5 Å². The van der Waals surface area contributed by atoms with Gasteiger partial charge in [0.1, 0.15) is 0 Å². The molecule has 6 nitrogen and oxygen atoms in total. The Morgan fingerprint density at radius 1 is 1.10 bits per heavy atom. The molecule has 2 aromatic rings. The van der Waals surface area contributed by atoms with Crippen LogP contribution in [0, 0.1) is 12.8 Å². The number of nitrogens with zero attached hydrogens (tertiary/aromatic N) is 4. The van der Waals surface area contributed by atoms with Crippen LogP contribution in [0.5, 0.6) is 0 Å². The first kappa shape index (κ1) is 22.1. The van der Waals surface area contributed by atoms with Crippen LogP contribution in [0.2, 0.25) is 0 Å². The first-order chi connectivity index (χ1) is 15.2. The van der Waals surface area contributed by atoms with E-state index in [0.717, 1.165) is 58.1 Å². The highest BCUT2D eigenvalue weighted by Gasteiger charge is 2.22. The van der Waals surface area contributed by atoms with Crippen molar-refractivity contribution in [3.8, 4) is 0 Å². The first-order valence-electron chi connectivity index (χ1n) is 11.6. The fourth-order valence-corrected chi connectivity index (χ4v) is 5.21. The quantitative estimate of drug-likeness (QED) is 0.532. The number of benzene rings is 1. The molecule has 0 spiro atoms. The molecule has 2 N–H and O–H groups in total. The molecule has 1 aromatic carbocycles. The van der Waals surface area contributed by atoms with Crippen LogP contribution < -0.4 is 15.5 Å². The summed E-state index contributed by atoms with van der Waals surface area (Å²) in [5.41, 5.74) is 2.56. The summed E-state index contributed by atoms with van der Waals surface area (Å²) in [4.78, 5) is 14.1. The molecule has 0 bridgehead atoms. The Morgan fingerprint density at radius 2 is 1.84 bits per heavy atom. The van der Waals surface area contributed by atoms with Crippen LogP contribution in [0.4, 0.5) is 5.69 Å². The topological polar surface area (TPSA) is 55.8 Å². The van der Waals surface area contributed by atoms with Gasteiger partial charge in [0.25, 0.3) is 0 Å². The van der Waals surface area contributed by atoms with E-state index in [2.05, 4.69) is 73.0 Å². The van der Waals surface area contributed by atoms with Gasteiger partial charge in [-0.1, -0.05) is 18.2 Å². The van der Waals surface area contributed by atoms with Crippen molar-refractivity contribution < 1.29 is 0 Å². The monoisotopic (exact) mass is 440 g/mol. The van der Waals surface area contributed by atoms with E-state index >= 15 is 0 Å².